The third-order valence-corrected chi connectivity index (χ3v) is 2.17. The monoisotopic (exact) mass is 169 g/mol. The van der Waals surface area contributed by atoms with E-state index in [1.807, 2.05) is 18.2 Å². The lowest BCUT2D eigenvalue weighted by molar-refractivity contribution is 1.29. The fourth-order valence-corrected chi connectivity index (χ4v) is 1.47. The lowest BCUT2D eigenvalue weighted by atomic mass is 10.1. The van der Waals surface area contributed by atoms with E-state index in [9.17, 15) is 0 Å². The van der Waals surface area contributed by atoms with Crippen LogP contribution in [-0.2, 0) is 0 Å². The van der Waals surface area contributed by atoms with Gasteiger partial charge >= 0.3 is 0 Å². The van der Waals surface area contributed by atoms with E-state index in [0.29, 0.717) is 0 Å². The highest BCUT2D eigenvalue weighted by Crippen LogP contribution is 2.24. The van der Waals surface area contributed by atoms with E-state index in [4.69, 9.17) is 0 Å². The SMILES string of the molecule is C=Cc1cc2cccc-2[nH]c1C=C. The second-order valence-corrected chi connectivity index (χ2v) is 2.94. The molecule has 2 rings (SSSR count). The first-order chi connectivity index (χ1) is 6.35. The number of H-pyrrole nitrogens is 1. The van der Waals surface area contributed by atoms with E-state index in [-0.39, 0.29) is 0 Å². The molecule has 1 aliphatic carbocycles. The van der Waals surface area contributed by atoms with Gasteiger partial charge in [-0.3, -0.25) is 0 Å². The average molecular weight is 169 g/mol. The molecule has 0 aromatic heterocycles. The Hall–Kier alpha value is -1.76. The van der Waals surface area contributed by atoms with Crippen molar-refractivity contribution in [2.45, 2.75) is 0 Å². The van der Waals surface area contributed by atoms with Gasteiger partial charge in [-0.1, -0.05) is 31.4 Å². The minimum Gasteiger partial charge on any atom is -0.355 e. The molecular weight excluding hydrogens is 158 g/mol. The Morgan fingerprint density at radius 1 is 1.15 bits per heavy atom. The van der Waals surface area contributed by atoms with Crippen molar-refractivity contribution in [3.8, 4) is 11.3 Å². The molecule has 0 spiro atoms. The predicted octanol–water partition coefficient (Wildman–Crippen LogP) is 3.41. The van der Waals surface area contributed by atoms with Crippen LogP contribution in [0.15, 0.2) is 37.4 Å². The molecule has 0 radical (unpaired) electrons. The van der Waals surface area contributed by atoms with Crippen molar-refractivity contribution < 1.29 is 0 Å². The molecule has 64 valence electrons. The van der Waals surface area contributed by atoms with Gasteiger partial charge in [0.15, 0.2) is 0 Å². The number of hydrogen-bond donors (Lipinski definition) is 1. The Morgan fingerprint density at radius 2 is 2.00 bits per heavy atom. The summed E-state index contributed by atoms with van der Waals surface area (Å²) < 4.78 is 0. The minimum absolute atomic E-state index is 1.02. The van der Waals surface area contributed by atoms with Crippen molar-refractivity contribution in [3.63, 3.8) is 0 Å². The molecule has 0 saturated carbocycles. The van der Waals surface area contributed by atoms with Gasteiger partial charge in [0.2, 0.25) is 0 Å². The van der Waals surface area contributed by atoms with E-state index in [2.05, 4.69) is 36.3 Å². The molecule has 1 nitrogen and oxygen atoms in total. The van der Waals surface area contributed by atoms with Gasteiger partial charge in [-0.2, -0.15) is 0 Å². The summed E-state index contributed by atoms with van der Waals surface area (Å²) in [6, 6.07) is 8.26. The van der Waals surface area contributed by atoms with Crippen LogP contribution in [0.3, 0.4) is 0 Å². The molecular formula is C12H11N. The van der Waals surface area contributed by atoms with Crippen LogP contribution < -0.4 is 0 Å². The van der Waals surface area contributed by atoms with Gasteiger partial charge in [0.05, 0.1) is 0 Å². The van der Waals surface area contributed by atoms with E-state index in [1.165, 1.54) is 5.56 Å². The summed E-state index contributed by atoms with van der Waals surface area (Å²) in [6.45, 7) is 7.51. The number of rotatable bonds is 2. The summed E-state index contributed by atoms with van der Waals surface area (Å²) in [5.41, 5.74) is 4.46. The van der Waals surface area contributed by atoms with Crippen LogP contribution in [0.1, 0.15) is 11.3 Å². The molecule has 1 aliphatic heterocycles. The third kappa shape index (κ3) is 1.18. The molecule has 1 heteroatoms. The number of aromatic nitrogens is 1. The van der Waals surface area contributed by atoms with E-state index >= 15 is 0 Å². The maximum absolute atomic E-state index is 3.76. The zero-order chi connectivity index (χ0) is 9.26. The Morgan fingerprint density at radius 3 is 2.69 bits per heavy atom. The fourth-order valence-electron chi connectivity index (χ4n) is 1.47. The van der Waals surface area contributed by atoms with Gasteiger partial charge in [-0.25, -0.2) is 0 Å². The van der Waals surface area contributed by atoms with E-state index in [1.54, 1.807) is 0 Å². The van der Waals surface area contributed by atoms with Gasteiger partial charge in [0.25, 0.3) is 0 Å². The number of fused-ring (bicyclic) bond motifs is 1. The smallest absolute Gasteiger partial charge is 0.0458 e. The molecule has 2 aliphatic rings. The molecule has 0 atom stereocenters. The fraction of sp³-hybridized carbons (Fsp3) is 0. The highest BCUT2D eigenvalue weighted by molar-refractivity contribution is 5.72. The first-order valence-electron chi connectivity index (χ1n) is 4.22. The van der Waals surface area contributed by atoms with Gasteiger partial charge in [0, 0.05) is 11.4 Å². The molecule has 13 heavy (non-hydrogen) atoms. The predicted molar refractivity (Wildman–Crippen MR) is 57.6 cm³/mol. The van der Waals surface area contributed by atoms with Crippen LogP contribution in [0.5, 0.6) is 0 Å². The van der Waals surface area contributed by atoms with Gasteiger partial charge in [0.1, 0.15) is 0 Å². The van der Waals surface area contributed by atoms with Crippen LogP contribution in [0.2, 0.25) is 0 Å². The number of hydrogen-bond acceptors (Lipinski definition) is 0. The standard InChI is InChI=1S/C12H11N/c1-3-9-8-10-6-5-7-12(10)13-11(9)4-2/h3-8,13H,1-2H2. The maximum atomic E-state index is 3.76. The summed E-state index contributed by atoms with van der Waals surface area (Å²) in [6.07, 6.45) is 3.64. The topological polar surface area (TPSA) is 15.8 Å². The Labute approximate surface area is 77.8 Å². The zero-order valence-corrected chi connectivity index (χ0v) is 7.38. The number of aromatic amines is 1. The summed E-state index contributed by atoms with van der Waals surface area (Å²) in [5.74, 6) is 0. The quantitative estimate of drug-likeness (QED) is 0.709. The van der Waals surface area contributed by atoms with Gasteiger partial charge in [-0.05, 0) is 29.3 Å². The zero-order valence-electron chi connectivity index (χ0n) is 7.38. The van der Waals surface area contributed by atoms with Crippen molar-refractivity contribution in [2.24, 2.45) is 0 Å². The van der Waals surface area contributed by atoms with Crippen LogP contribution in [0.25, 0.3) is 23.4 Å². The lowest BCUT2D eigenvalue weighted by Crippen LogP contribution is -1.89. The lowest BCUT2D eigenvalue weighted by Gasteiger charge is -2.06. The van der Waals surface area contributed by atoms with Crippen molar-refractivity contribution in [3.05, 3.63) is 48.7 Å². The van der Waals surface area contributed by atoms with E-state index < -0.39 is 0 Å². The van der Waals surface area contributed by atoms with Crippen LogP contribution in [0, 0.1) is 0 Å². The summed E-state index contributed by atoms with van der Waals surface area (Å²) in [4.78, 5) is 3.29. The average Bonchev–Trinajstić information content (AvgIpc) is 2.62. The third-order valence-electron chi connectivity index (χ3n) is 2.17. The molecule has 1 N–H and O–H groups in total. The van der Waals surface area contributed by atoms with Crippen molar-refractivity contribution >= 4 is 12.2 Å². The number of pyridine rings is 1. The van der Waals surface area contributed by atoms with Gasteiger partial charge < -0.3 is 4.98 Å². The molecule has 0 aromatic carbocycles. The van der Waals surface area contributed by atoms with Crippen molar-refractivity contribution in [2.75, 3.05) is 0 Å². The summed E-state index contributed by atoms with van der Waals surface area (Å²) >= 11 is 0. The minimum atomic E-state index is 1.02. The van der Waals surface area contributed by atoms with Crippen LogP contribution >= 0.6 is 0 Å². The summed E-state index contributed by atoms with van der Waals surface area (Å²) in [7, 11) is 0. The Bertz CT molecular complexity index is 384. The first kappa shape index (κ1) is 7.87. The van der Waals surface area contributed by atoms with Crippen LogP contribution in [0.4, 0.5) is 0 Å². The molecule has 1 heterocycles. The molecule has 0 fully saturated rings. The number of nitrogens with one attached hydrogen (secondary N) is 1. The van der Waals surface area contributed by atoms with Crippen molar-refractivity contribution in [1.82, 2.24) is 4.98 Å². The molecule has 0 unspecified atom stereocenters. The first-order valence-corrected chi connectivity index (χ1v) is 4.22. The largest absolute Gasteiger partial charge is 0.355 e. The maximum Gasteiger partial charge on any atom is 0.0458 e. The molecule has 0 amide bonds. The van der Waals surface area contributed by atoms with Gasteiger partial charge in [-0.15, -0.1) is 0 Å². The second kappa shape index (κ2) is 2.94. The second-order valence-electron chi connectivity index (χ2n) is 2.94. The molecule has 0 aromatic rings. The molecule has 0 bridgehead atoms. The highest BCUT2D eigenvalue weighted by atomic mass is 14.7. The van der Waals surface area contributed by atoms with E-state index in [0.717, 1.165) is 17.0 Å². The van der Waals surface area contributed by atoms with Crippen LogP contribution in [-0.4, -0.2) is 4.98 Å². The summed E-state index contributed by atoms with van der Waals surface area (Å²) in [5, 5.41) is 0. The normalized spacial score (nSPS) is 10.2. The Balaban J connectivity index is 2.75. The van der Waals surface area contributed by atoms with Crippen molar-refractivity contribution in [1.29, 1.82) is 0 Å². The highest BCUT2D eigenvalue weighted by Gasteiger charge is 2.04. The Kier molecular flexibility index (Phi) is 1.78. The molecule has 0 saturated heterocycles.